The smallest absolute Gasteiger partial charge is 0.288 e. The lowest BCUT2D eigenvalue weighted by Gasteiger charge is -2.31. The molecule has 0 aromatic heterocycles. The first-order chi connectivity index (χ1) is 9.60. The number of benzene rings is 1. The maximum atomic E-state index is 10.9. The zero-order chi connectivity index (χ0) is 14.5. The fourth-order valence-corrected chi connectivity index (χ4v) is 3.08. The van der Waals surface area contributed by atoms with Gasteiger partial charge in [-0.15, -0.1) is 0 Å². The zero-order valence-electron chi connectivity index (χ0n) is 11.8. The molecule has 1 aliphatic rings. The van der Waals surface area contributed by atoms with Gasteiger partial charge in [-0.2, -0.15) is 0 Å². The van der Waals surface area contributed by atoms with Gasteiger partial charge >= 0.3 is 0 Å². The second-order valence-corrected chi connectivity index (χ2v) is 5.96. The molecule has 2 rings (SSSR count). The standard InChI is InChI=1S/C15H21ClN2O2/c1-2-3-12-6-8-17(9-7-12)11-13-4-5-14(16)15(10-13)18(19)20/h4-5,10,12H,2-3,6-9,11H2,1H3. The quantitative estimate of drug-likeness (QED) is 0.602. The van der Waals surface area contributed by atoms with Crippen LogP contribution in [0.2, 0.25) is 5.02 Å². The Balaban J connectivity index is 1.94. The SMILES string of the molecule is CCCC1CCN(Cc2ccc(Cl)c([N+](=O)[O-])c2)CC1. The number of halogens is 1. The topological polar surface area (TPSA) is 46.4 Å². The number of hydrogen-bond donors (Lipinski definition) is 0. The predicted molar refractivity (Wildman–Crippen MR) is 81.0 cm³/mol. The van der Waals surface area contributed by atoms with Crippen LogP contribution in [0.1, 0.15) is 38.2 Å². The van der Waals surface area contributed by atoms with E-state index in [9.17, 15) is 10.1 Å². The van der Waals surface area contributed by atoms with E-state index >= 15 is 0 Å². The van der Waals surface area contributed by atoms with Crippen LogP contribution in [-0.2, 0) is 6.54 Å². The van der Waals surface area contributed by atoms with Crippen molar-refractivity contribution in [3.05, 3.63) is 38.9 Å². The summed E-state index contributed by atoms with van der Waals surface area (Å²) in [5.41, 5.74) is 0.972. The number of nitrogens with zero attached hydrogens (tertiary/aromatic N) is 2. The third kappa shape index (κ3) is 3.93. The molecule has 5 heteroatoms. The van der Waals surface area contributed by atoms with Gasteiger partial charge in [0.15, 0.2) is 0 Å². The summed E-state index contributed by atoms with van der Waals surface area (Å²) in [6.45, 7) is 5.18. The Morgan fingerprint density at radius 3 is 2.70 bits per heavy atom. The molecule has 0 amide bonds. The minimum atomic E-state index is -0.417. The Labute approximate surface area is 124 Å². The number of nitro benzene ring substituents is 1. The van der Waals surface area contributed by atoms with Crippen molar-refractivity contribution in [2.24, 2.45) is 5.92 Å². The van der Waals surface area contributed by atoms with Gasteiger partial charge in [0.1, 0.15) is 5.02 Å². The van der Waals surface area contributed by atoms with Crippen LogP contribution in [-0.4, -0.2) is 22.9 Å². The average molecular weight is 297 g/mol. The molecule has 1 aromatic carbocycles. The van der Waals surface area contributed by atoms with E-state index in [0.717, 1.165) is 31.1 Å². The maximum absolute atomic E-state index is 10.9. The van der Waals surface area contributed by atoms with Crippen molar-refractivity contribution < 1.29 is 4.92 Å². The van der Waals surface area contributed by atoms with Gasteiger partial charge in [-0.05, 0) is 43.5 Å². The van der Waals surface area contributed by atoms with Crippen LogP contribution in [0.4, 0.5) is 5.69 Å². The van der Waals surface area contributed by atoms with E-state index < -0.39 is 4.92 Å². The molecule has 0 bridgehead atoms. The molecule has 4 nitrogen and oxygen atoms in total. The molecule has 1 heterocycles. The highest BCUT2D eigenvalue weighted by Gasteiger charge is 2.19. The Bertz CT molecular complexity index is 471. The lowest BCUT2D eigenvalue weighted by molar-refractivity contribution is -0.384. The van der Waals surface area contributed by atoms with Crippen molar-refractivity contribution in [1.29, 1.82) is 0 Å². The molecule has 0 spiro atoms. The summed E-state index contributed by atoms with van der Waals surface area (Å²) in [6, 6.07) is 5.10. The van der Waals surface area contributed by atoms with E-state index in [-0.39, 0.29) is 10.7 Å². The molecule has 20 heavy (non-hydrogen) atoms. The van der Waals surface area contributed by atoms with Crippen molar-refractivity contribution in [3.63, 3.8) is 0 Å². The van der Waals surface area contributed by atoms with Crippen molar-refractivity contribution in [2.75, 3.05) is 13.1 Å². The number of rotatable bonds is 5. The summed E-state index contributed by atoms with van der Waals surface area (Å²) in [5.74, 6) is 0.857. The molecular formula is C15H21ClN2O2. The third-order valence-corrected chi connectivity index (χ3v) is 4.34. The summed E-state index contributed by atoms with van der Waals surface area (Å²) in [6.07, 6.45) is 5.06. The molecule has 0 saturated carbocycles. The summed E-state index contributed by atoms with van der Waals surface area (Å²) in [4.78, 5) is 12.8. The molecule has 0 radical (unpaired) electrons. The van der Waals surface area contributed by atoms with E-state index in [1.54, 1.807) is 12.1 Å². The van der Waals surface area contributed by atoms with Crippen molar-refractivity contribution >= 4 is 17.3 Å². The Hall–Kier alpha value is -1.13. The number of likely N-dealkylation sites (tertiary alicyclic amines) is 1. The third-order valence-electron chi connectivity index (χ3n) is 4.02. The van der Waals surface area contributed by atoms with Gasteiger partial charge in [0.2, 0.25) is 0 Å². The number of piperidine rings is 1. The highest BCUT2D eigenvalue weighted by molar-refractivity contribution is 6.32. The molecule has 110 valence electrons. The largest absolute Gasteiger partial charge is 0.299 e. The molecule has 0 atom stereocenters. The Kier molecular flexibility index (Phi) is 5.38. The van der Waals surface area contributed by atoms with Gasteiger partial charge < -0.3 is 0 Å². The lowest BCUT2D eigenvalue weighted by Crippen LogP contribution is -2.33. The van der Waals surface area contributed by atoms with Crippen LogP contribution in [0.25, 0.3) is 0 Å². The summed E-state index contributed by atoms with van der Waals surface area (Å²) in [5, 5.41) is 11.1. The van der Waals surface area contributed by atoms with Gasteiger partial charge in [-0.1, -0.05) is 37.4 Å². The van der Waals surface area contributed by atoms with Gasteiger partial charge in [0.25, 0.3) is 5.69 Å². The van der Waals surface area contributed by atoms with Crippen LogP contribution in [0.5, 0.6) is 0 Å². The van der Waals surface area contributed by atoms with Crippen LogP contribution in [0, 0.1) is 16.0 Å². The van der Waals surface area contributed by atoms with Crippen molar-refractivity contribution in [3.8, 4) is 0 Å². The monoisotopic (exact) mass is 296 g/mol. The Morgan fingerprint density at radius 1 is 1.40 bits per heavy atom. The van der Waals surface area contributed by atoms with Crippen LogP contribution in [0.3, 0.4) is 0 Å². The van der Waals surface area contributed by atoms with E-state index in [1.807, 2.05) is 6.07 Å². The first-order valence-corrected chi connectivity index (χ1v) is 7.63. The zero-order valence-corrected chi connectivity index (χ0v) is 12.6. The molecule has 1 aliphatic heterocycles. The maximum Gasteiger partial charge on any atom is 0.288 e. The first-order valence-electron chi connectivity index (χ1n) is 7.25. The van der Waals surface area contributed by atoms with Crippen LogP contribution < -0.4 is 0 Å². The number of hydrogen-bond acceptors (Lipinski definition) is 3. The minimum Gasteiger partial charge on any atom is -0.299 e. The summed E-state index contributed by atoms with van der Waals surface area (Å²) >= 11 is 5.83. The van der Waals surface area contributed by atoms with Gasteiger partial charge in [0, 0.05) is 12.6 Å². The van der Waals surface area contributed by atoms with Crippen LogP contribution in [0.15, 0.2) is 18.2 Å². The molecule has 0 aliphatic carbocycles. The van der Waals surface area contributed by atoms with Gasteiger partial charge in [0.05, 0.1) is 4.92 Å². The molecule has 0 N–H and O–H groups in total. The summed E-state index contributed by atoms with van der Waals surface area (Å²) < 4.78 is 0. The molecule has 1 saturated heterocycles. The number of nitro groups is 1. The normalized spacial score (nSPS) is 17.3. The van der Waals surface area contributed by atoms with Crippen molar-refractivity contribution in [2.45, 2.75) is 39.2 Å². The highest BCUT2D eigenvalue weighted by atomic mass is 35.5. The van der Waals surface area contributed by atoms with E-state index in [1.165, 1.54) is 25.7 Å². The highest BCUT2D eigenvalue weighted by Crippen LogP contribution is 2.27. The van der Waals surface area contributed by atoms with Crippen LogP contribution >= 0.6 is 11.6 Å². The lowest BCUT2D eigenvalue weighted by atomic mass is 9.92. The van der Waals surface area contributed by atoms with Gasteiger partial charge in [-0.25, -0.2) is 0 Å². The fraction of sp³-hybridized carbons (Fsp3) is 0.600. The van der Waals surface area contributed by atoms with E-state index in [4.69, 9.17) is 11.6 Å². The minimum absolute atomic E-state index is 0.00466. The fourth-order valence-electron chi connectivity index (χ4n) is 2.90. The predicted octanol–water partition coefficient (Wildman–Crippen LogP) is 4.26. The molecular weight excluding hydrogens is 276 g/mol. The molecule has 1 aromatic rings. The average Bonchev–Trinajstić information content (AvgIpc) is 2.43. The van der Waals surface area contributed by atoms with E-state index in [2.05, 4.69) is 11.8 Å². The molecule has 0 unspecified atom stereocenters. The van der Waals surface area contributed by atoms with Gasteiger partial charge in [-0.3, -0.25) is 15.0 Å². The Morgan fingerprint density at radius 2 is 2.10 bits per heavy atom. The van der Waals surface area contributed by atoms with E-state index in [0.29, 0.717) is 0 Å². The first kappa shape index (κ1) is 15.3. The summed E-state index contributed by atoms with van der Waals surface area (Å²) in [7, 11) is 0. The van der Waals surface area contributed by atoms with Crippen molar-refractivity contribution in [1.82, 2.24) is 4.90 Å². The second kappa shape index (κ2) is 7.04. The molecule has 1 fully saturated rings. The second-order valence-electron chi connectivity index (χ2n) is 5.55.